The monoisotopic (exact) mass is 435 g/mol. The number of aromatic nitrogens is 3. The van der Waals surface area contributed by atoms with Crippen LogP contribution in [0.5, 0.6) is 5.75 Å². The molecule has 0 bridgehead atoms. The van der Waals surface area contributed by atoms with Gasteiger partial charge in [-0.25, -0.2) is 9.83 Å². The molecule has 3 aromatic rings. The smallest absolute Gasteiger partial charge is 0.295 e. The number of pyridine rings is 2. The maximum absolute atomic E-state index is 13.0. The first-order valence-corrected chi connectivity index (χ1v) is 9.97. The highest BCUT2D eigenvalue weighted by molar-refractivity contribution is 6.45. The van der Waals surface area contributed by atoms with Gasteiger partial charge in [-0.05, 0) is 25.0 Å². The van der Waals surface area contributed by atoms with Gasteiger partial charge in [0.25, 0.3) is 11.7 Å². The Morgan fingerprint density at radius 2 is 2.03 bits per heavy atom. The molecule has 31 heavy (non-hydrogen) atoms. The van der Waals surface area contributed by atoms with Gasteiger partial charge in [0.15, 0.2) is 5.15 Å². The number of ketones is 1. The van der Waals surface area contributed by atoms with Gasteiger partial charge in [-0.15, -0.1) is 0 Å². The Morgan fingerprint density at radius 1 is 1.26 bits per heavy atom. The van der Waals surface area contributed by atoms with Crippen LogP contribution in [0.15, 0.2) is 42.4 Å². The normalized spacial score (nSPS) is 13.7. The van der Waals surface area contributed by atoms with E-state index in [1.165, 1.54) is 24.4 Å². The molecule has 1 aliphatic heterocycles. The zero-order chi connectivity index (χ0) is 22.0. The first-order chi connectivity index (χ1) is 15.0. The number of piperidine rings is 1. The van der Waals surface area contributed by atoms with Crippen molar-refractivity contribution in [2.45, 2.75) is 12.8 Å². The summed E-state index contributed by atoms with van der Waals surface area (Å²) >= 11 is 6.10. The predicted molar refractivity (Wildman–Crippen MR) is 116 cm³/mol. The molecule has 0 aromatic carbocycles. The minimum absolute atomic E-state index is 0.191. The van der Waals surface area contributed by atoms with Crippen LogP contribution < -0.4 is 4.74 Å². The Hall–Kier alpha value is -3.70. The number of carbonyl (C=O) groups excluding carboxylic acids is 2. The first kappa shape index (κ1) is 20.6. The van der Waals surface area contributed by atoms with E-state index in [4.69, 9.17) is 22.9 Å². The highest BCUT2D eigenvalue weighted by atomic mass is 35.5. The van der Waals surface area contributed by atoms with Crippen molar-refractivity contribution in [2.24, 2.45) is 0 Å². The van der Waals surface area contributed by atoms with Crippen LogP contribution >= 0.6 is 11.6 Å². The molecular formula is C22H18ClN5O3. The number of fused-ring (bicyclic) bond motifs is 1. The number of amides is 1. The van der Waals surface area contributed by atoms with Gasteiger partial charge in [-0.1, -0.05) is 23.2 Å². The van der Waals surface area contributed by atoms with Crippen molar-refractivity contribution in [3.63, 3.8) is 0 Å². The maximum Gasteiger partial charge on any atom is 0.295 e. The molecule has 1 N–H and O–H groups in total. The van der Waals surface area contributed by atoms with Crippen molar-refractivity contribution < 1.29 is 14.3 Å². The Labute approximate surface area is 183 Å². The van der Waals surface area contributed by atoms with Crippen LogP contribution in [0.3, 0.4) is 0 Å². The molecule has 4 rings (SSSR count). The molecule has 0 unspecified atom stereocenters. The molecule has 0 aliphatic carbocycles. The fourth-order valence-electron chi connectivity index (χ4n) is 3.72. The van der Waals surface area contributed by atoms with Crippen molar-refractivity contribution in [3.8, 4) is 5.75 Å². The van der Waals surface area contributed by atoms with E-state index in [0.717, 1.165) is 5.57 Å². The summed E-state index contributed by atoms with van der Waals surface area (Å²) in [6.45, 7) is 8.23. The second kappa shape index (κ2) is 8.58. The summed E-state index contributed by atoms with van der Waals surface area (Å²) in [5.74, 6) is -0.885. The minimum Gasteiger partial charge on any atom is -0.494 e. The third kappa shape index (κ3) is 3.76. The maximum atomic E-state index is 13.0. The van der Waals surface area contributed by atoms with Crippen LogP contribution in [0.4, 0.5) is 0 Å². The van der Waals surface area contributed by atoms with Gasteiger partial charge < -0.3 is 14.6 Å². The molecule has 8 nitrogen and oxygen atoms in total. The number of H-pyrrole nitrogens is 1. The van der Waals surface area contributed by atoms with Crippen molar-refractivity contribution in [1.29, 1.82) is 0 Å². The Morgan fingerprint density at radius 3 is 2.68 bits per heavy atom. The van der Waals surface area contributed by atoms with E-state index in [9.17, 15) is 9.59 Å². The number of hydrogen-bond acceptors (Lipinski definition) is 5. The van der Waals surface area contributed by atoms with Gasteiger partial charge in [0, 0.05) is 25.5 Å². The third-order valence-electron chi connectivity index (χ3n) is 5.30. The molecule has 9 heteroatoms. The molecule has 3 aromatic heterocycles. The Kier molecular flexibility index (Phi) is 5.69. The number of carbonyl (C=O) groups is 2. The fourth-order valence-corrected chi connectivity index (χ4v) is 3.91. The standard InChI is InChI=1S/C22H18ClN5O3/c1-24-18(15-5-3-4-8-25-15)13-6-9-28(10-7-13)22(30)20(29)14-11-26-19-17(14)16(31-2)12-27-21(19)23/h3-5,8,11-12,26H,6-7,9-10H2,2H3. The van der Waals surface area contributed by atoms with Gasteiger partial charge in [0.05, 0.1) is 42.0 Å². The van der Waals surface area contributed by atoms with Crippen LogP contribution in [0.25, 0.3) is 21.4 Å². The molecule has 4 heterocycles. The average molecular weight is 436 g/mol. The molecule has 1 saturated heterocycles. The summed E-state index contributed by atoms with van der Waals surface area (Å²) in [7, 11) is 1.46. The predicted octanol–water partition coefficient (Wildman–Crippen LogP) is 3.76. The van der Waals surface area contributed by atoms with E-state index in [2.05, 4.69) is 19.8 Å². The number of nitrogens with one attached hydrogen (secondary N) is 1. The van der Waals surface area contributed by atoms with Gasteiger partial charge in [0.2, 0.25) is 5.70 Å². The van der Waals surface area contributed by atoms with E-state index < -0.39 is 11.7 Å². The molecule has 1 fully saturated rings. The lowest BCUT2D eigenvalue weighted by Crippen LogP contribution is -2.40. The van der Waals surface area contributed by atoms with Crippen molar-refractivity contribution in [3.05, 3.63) is 70.2 Å². The first-order valence-electron chi connectivity index (χ1n) is 9.59. The summed E-state index contributed by atoms with van der Waals surface area (Å²) in [5, 5.41) is 0.625. The molecule has 1 amide bonds. The Bertz CT molecular complexity index is 1230. The number of rotatable bonds is 4. The summed E-state index contributed by atoms with van der Waals surface area (Å²) in [6.07, 6.45) is 5.55. The lowest BCUT2D eigenvalue weighted by Gasteiger charge is -2.28. The quantitative estimate of drug-likeness (QED) is 0.291. The molecule has 0 radical (unpaired) electrons. The van der Waals surface area contributed by atoms with Crippen LogP contribution in [0.1, 0.15) is 28.9 Å². The summed E-state index contributed by atoms with van der Waals surface area (Å²) in [6, 6.07) is 5.43. The highest BCUT2D eigenvalue weighted by Gasteiger charge is 2.30. The summed E-state index contributed by atoms with van der Waals surface area (Å²) in [4.78, 5) is 42.3. The van der Waals surface area contributed by atoms with E-state index in [-0.39, 0.29) is 10.7 Å². The number of ether oxygens (including phenoxy) is 1. The Balaban J connectivity index is 1.55. The number of methoxy groups -OCH3 is 1. The second-order valence-electron chi connectivity index (χ2n) is 6.97. The lowest BCUT2D eigenvalue weighted by atomic mass is 9.99. The number of halogens is 1. The minimum atomic E-state index is -0.644. The van der Waals surface area contributed by atoms with Crippen molar-refractivity contribution >= 4 is 39.9 Å². The number of hydrogen-bond donors (Lipinski definition) is 1. The van der Waals surface area contributed by atoms with Gasteiger partial charge in [0.1, 0.15) is 5.75 Å². The van der Waals surface area contributed by atoms with Crippen LogP contribution in [-0.2, 0) is 4.79 Å². The van der Waals surface area contributed by atoms with Crippen molar-refractivity contribution in [2.75, 3.05) is 20.2 Å². The second-order valence-corrected chi connectivity index (χ2v) is 7.33. The van der Waals surface area contributed by atoms with E-state index in [1.54, 1.807) is 18.3 Å². The molecule has 0 saturated carbocycles. The number of Topliss-reactive ketones (excluding diaryl/α,β-unsaturated/α-hetero) is 1. The third-order valence-corrected chi connectivity index (χ3v) is 5.58. The van der Waals surface area contributed by atoms with Crippen LogP contribution in [-0.4, -0.2) is 51.7 Å². The average Bonchev–Trinajstić information content (AvgIpc) is 3.26. The van der Waals surface area contributed by atoms with Crippen LogP contribution in [0.2, 0.25) is 5.15 Å². The SMILES string of the molecule is [C-]#[N+]C(=C1CCN(C(=O)C(=O)c2c[nH]c3c(Cl)ncc(OC)c23)CC1)c1ccccn1. The number of likely N-dealkylation sites (tertiary alicyclic amines) is 1. The van der Waals surface area contributed by atoms with Crippen LogP contribution in [0, 0.1) is 6.57 Å². The fraction of sp³-hybridized carbons (Fsp3) is 0.227. The van der Waals surface area contributed by atoms with Gasteiger partial charge in [-0.3, -0.25) is 14.6 Å². The summed E-state index contributed by atoms with van der Waals surface area (Å²) < 4.78 is 5.29. The summed E-state index contributed by atoms with van der Waals surface area (Å²) in [5.41, 5.74) is 2.72. The largest absolute Gasteiger partial charge is 0.494 e. The number of aromatic amines is 1. The molecule has 1 aliphatic rings. The highest BCUT2D eigenvalue weighted by Crippen LogP contribution is 2.33. The zero-order valence-electron chi connectivity index (χ0n) is 16.7. The van der Waals surface area contributed by atoms with Crippen molar-refractivity contribution in [1.82, 2.24) is 19.9 Å². The van der Waals surface area contributed by atoms with E-state index >= 15 is 0 Å². The molecular weight excluding hydrogens is 418 g/mol. The topological polar surface area (TPSA) is 92.5 Å². The van der Waals surface area contributed by atoms with Gasteiger partial charge >= 0.3 is 0 Å². The lowest BCUT2D eigenvalue weighted by molar-refractivity contribution is -0.126. The zero-order valence-corrected chi connectivity index (χ0v) is 17.4. The number of nitrogens with zero attached hydrogens (tertiary/aromatic N) is 4. The molecule has 156 valence electrons. The van der Waals surface area contributed by atoms with Gasteiger partial charge in [-0.2, -0.15) is 0 Å². The van der Waals surface area contributed by atoms with E-state index in [0.29, 0.717) is 54.0 Å². The molecule has 0 atom stereocenters. The van der Waals surface area contributed by atoms with E-state index in [1.807, 2.05) is 6.07 Å². The molecule has 0 spiro atoms.